The molecule has 2 unspecified atom stereocenters. The number of hydrogen-bond donors (Lipinski definition) is 0. The molecule has 3 aromatic rings. The Morgan fingerprint density at radius 1 is 0.878 bits per heavy atom. The summed E-state index contributed by atoms with van der Waals surface area (Å²) in [7, 11) is 14.8. The van der Waals surface area contributed by atoms with E-state index in [9.17, 15) is 9.59 Å². The summed E-state index contributed by atoms with van der Waals surface area (Å²) in [6, 6.07) is 16.2. The van der Waals surface area contributed by atoms with Crippen LogP contribution in [-0.2, 0) is 23.0 Å². The zero-order chi connectivity index (χ0) is 31.4. The summed E-state index contributed by atoms with van der Waals surface area (Å²) in [5.41, 5.74) is 8.21. The van der Waals surface area contributed by atoms with Crippen molar-refractivity contribution in [3.05, 3.63) is 101 Å². The van der Waals surface area contributed by atoms with Gasteiger partial charge in [0.25, 0.3) is 0 Å². The molecule has 0 saturated carbocycles. The number of rotatable bonds is 4. The van der Waals surface area contributed by atoms with E-state index in [4.69, 9.17) is 41.7 Å². The third-order valence-corrected chi connectivity index (χ3v) is 10.6. The van der Waals surface area contributed by atoms with Gasteiger partial charge in [-0.05, 0) is 78.6 Å². The van der Waals surface area contributed by atoms with Gasteiger partial charge in [-0.1, -0.05) is 126 Å². The van der Waals surface area contributed by atoms with E-state index in [2.05, 4.69) is 95.8 Å². The van der Waals surface area contributed by atoms with Gasteiger partial charge in [-0.25, -0.2) is 30.1 Å². The molecule has 0 heterocycles. The fraction of sp³-hybridized carbons (Fsp3) is 0.333. The molecule has 0 N–H and O–H groups in total. The number of halogens is 8. The van der Waals surface area contributed by atoms with Gasteiger partial charge in [0.05, 0.1) is 0 Å². The van der Waals surface area contributed by atoms with Crippen LogP contribution in [0.4, 0.5) is 0 Å². The first-order valence-electron chi connectivity index (χ1n) is 12.6. The van der Waals surface area contributed by atoms with Crippen molar-refractivity contribution in [3.63, 3.8) is 0 Å². The third kappa shape index (κ3) is 13.2. The molecular weight excluding hydrogens is 881 g/mol. The topological polar surface area (TPSA) is 34.1 Å². The van der Waals surface area contributed by atoms with E-state index in [1.165, 1.54) is 32.3 Å². The molecule has 0 bridgehead atoms. The standard InChI is InChI=1S/C11H12BrClO.C11H11BrO.C8H8Br2.Al.3ClH/c1-7-4-3-5-9(10(7)12)6-8(2)11(13)14;1-6-3-4-8-9(10(6)12)5-7(2)11(8)13;1-6-3-2-4-7(5-9)8(6)10;;;;/h3-5,8H,6H2,1-2H3;3-4,7H,5H2,1-2H3;2-4H,5H2,1H3;;3*1H/q;;;+3;;;/p-3. The first-order valence-corrected chi connectivity index (χ1v) is 21.7. The summed E-state index contributed by atoms with van der Waals surface area (Å²) >= 11 is 17.7. The van der Waals surface area contributed by atoms with Crippen LogP contribution >= 0.6 is 105 Å². The number of aryl methyl sites for hydroxylation is 3. The van der Waals surface area contributed by atoms with Gasteiger partial charge in [0.1, 0.15) is 0 Å². The minimum Gasteiger partial charge on any atom is -0.294 e. The largest absolute Gasteiger partial charge is 0.643 e. The van der Waals surface area contributed by atoms with Crippen LogP contribution in [0.25, 0.3) is 0 Å². The van der Waals surface area contributed by atoms with Gasteiger partial charge in [0.2, 0.25) is 5.24 Å². The summed E-state index contributed by atoms with van der Waals surface area (Å²) in [5, 5.41) is 0.633. The van der Waals surface area contributed by atoms with Crippen LogP contribution in [-0.4, -0.2) is 22.4 Å². The predicted molar refractivity (Wildman–Crippen MR) is 194 cm³/mol. The summed E-state index contributed by atoms with van der Waals surface area (Å²) in [5.74, 6) is 0.318. The van der Waals surface area contributed by atoms with E-state index in [1.807, 2.05) is 51.1 Å². The van der Waals surface area contributed by atoms with Crippen molar-refractivity contribution in [2.75, 3.05) is 0 Å². The minimum atomic E-state index is -1.72. The Morgan fingerprint density at radius 3 is 1.80 bits per heavy atom. The van der Waals surface area contributed by atoms with Crippen molar-refractivity contribution in [3.8, 4) is 0 Å². The van der Waals surface area contributed by atoms with Crippen LogP contribution in [0, 0.1) is 32.6 Å². The number of hydrogen-bond acceptors (Lipinski definition) is 2. The lowest BCUT2D eigenvalue weighted by Gasteiger charge is -2.09. The lowest BCUT2D eigenvalue weighted by Crippen LogP contribution is -2.07. The molecule has 222 valence electrons. The number of ketones is 1. The zero-order valence-electron chi connectivity index (χ0n) is 23.3. The highest BCUT2D eigenvalue weighted by atomic mass is 79.9. The van der Waals surface area contributed by atoms with Crippen molar-refractivity contribution in [1.29, 1.82) is 0 Å². The molecule has 1 aliphatic rings. The van der Waals surface area contributed by atoms with E-state index in [0.717, 1.165) is 31.8 Å². The van der Waals surface area contributed by atoms with Crippen LogP contribution in [0.5, 0.6) is 0 Å². The van der Waals surface area contributed by atoms with Crippen LogP contribution in [0.3, 0.4) is 0 Å². The molecule has 0 spiro atoms. The van der Waals surface area contributed by atoms with Gasteiger partial charge in [-0.2, -0.15) is 0 Å². The molecule has 0 fully saturated rings. The van der Waals surface area contributed by atoms with Gasteiger partial charge in [0, 0.05) is 36.1 Å². The first-order chi connectivity index (χ1) is 19.1. The number of carbonyl (C=O) groups is 2. The molecule has 1 aliphatic carbocycles. The highest BCUT2D eigenvalue weighted by Crippen LogP contribution is 2.34. The molecule has 2 atom stereocenters. The molecule has 41 heavy (non-hydrogen) atoms. The Hall–Kier alpha value is 0.612. The van der Waals surface area contributed by atoms with E-state index < -0.39 is 11.4 Å². The average Bonchev–Trinajstić information content (AvgIpc) is 3.20. The molecule has 3 aromatic carbocycles. The van der Waals surface area contributed by atoms with Crippen molar-refractivity contribution in [2.45, 2.75) is 52.8 Å². The van der Waals surface area contributed by atoms with Crippen molar-refractivity contribution in [1.82, 2.24) is 0 Å². The predicted octanol–water partition coefficient (Wildman–Crippen LogP) is 12.2. The summed E-state index contributed by atoms with van der Waals surface area (Å²) in [4.78, 5) is 22.5. The molecule has 2 nitrogen and oxygen atoms in total. The van der Waals surface area contributed by atoms with Gasteiger partial charge in [-0.15, -0.1) is 0 Å². The maximum absolute atomic E-state index is 11.6. The second-order valence-electron chi connectivity index (χ2n) is 9.58. The Bertz CT molecular complexity index is 1340. The fourth-order valence-corrected chi connectivity index (χ4v) is 6.18. The lowest BCUT2D eigenvalue weighted by atomic mass is 10.0. The second-order valence-corrected chi connectivity index (χ2v) is 19.3. The number of alkyl halides is 1. The molecule has 4 rings (SSSR count). The smallest absolute Gasteiger partial charge is 0.294 e. The lowest BCUT2D eigenvalue weighted by molar-refractivity contribution is -0.114. The molecule has 0 amide bonds. The highest BCUT2D eigenvalue weighted by molar-refractivity contribution is 9.11. The second kappa shape index (κ2) is 19.9. The fourth-order valence-electron chi connectivity index (χ4n) is 3.92. The van der Waals surface area contributed by atoms with Crippen molar-refractivity contribution in [2.24, 2.45) is 11.8 Å². The zero-order valence-corrected chi connectivity index (χ0v) is 33.8. The van der Waals surface area contributed by atoms with Gasteiger partial charge in [0.15, 0.2) is 5.78 Å². The number of benzene rings is 3. The molecule has 0 aromatic heterocycles. The van der Waals surface area contributed by atoms with Crippen molar-refractivity contribution >= 4 is 128 Å². The van der Waals surface area contributed by atoms with Gasteiger partial charge < -0.3 is 0 Å². The Labute approximate surface area is 299 Å². The first kappa shape index (κ1) is 39.6. The van der Waals surface area contributed by atoms with Crippen LogP contribution < -0.4 is 0 Å². The SMILES string of the molecule is Cc1ccc2c(c1Br)CC(C)C2=O.Cc1cccc(CBr)c1Br.Cc1cccc(CC(C)C(=O)Cl)c1Br.[Cl][Al]([Cl])[Cl]. The van der Waals surface area contributed by atoms with Crippen LogP contribution in [0.1, 0.15) is 57.6 Å². The van der Waals surface area contributed by atoms with E-state index in [-0.39, 0.29) is 22.9 Å². The Kier molecular flexibility index (Phi) is 19.2. The van der Waals surface area contributed by atoms with Crippen LogP contribution in [0.15, 0.2) is 61.9 Å². The number of carbonyl (C=O) groups excluding carboxylic acids is 2. The van der Waals surface area contributed by atoms with E-state index in [1.54, 1.807) is 0 Å². The Balaban J connectivity index is 0.000000292. The number of Topliss-reactive ketones (excluding diaryl/α,β-unsaturated/α-hetero) is 1. The van der Waals surface area contributed by atoms with Gasteiger partial charge in [-0.3, -0.25) is 9.59 Å². The monoisotopic (exact) mass is 906 g/mol. The normalized spacial score (nSPS) is 13.9. The van der Waals surface area contributed by atoms with Crippen LogP contribution in [0.2, 0.25) is 0 Å². The molecule has 0 radical (unpaired) electrons. The maximum Gasteiger partial charge on any atom is 0.643 e. The number of fused-ring (bicyclic) bond motifs is 1. The molecular formula is C30H31AlBr4Cl4O2. The summed E-state index contributed by atoms with van der Waals surface area (Å²) < 4.78 is 3.40. The summed E-state index contributed by atoms with van der Waals surface area (Å²) in [6.07, 6.45) is 1.57. The maximum atomic E-state index is 11.6. The Morgan fingerprint density at radius 2 is 1.34 bits per heavy atom. The van der Waals surface area contributed by atoms with Crippen molar-refractivity contribution < 1.29 is 9.59 Å². The summed E-state index contributed by atoms with van der Waals surface area (Å²) in [6.45, 7) is 10.0. The quantitative estimate of drug-likeness (QED) is 0.148. The third-order valence-electron chi connectivity index (χ3n) is 6.26. The average molecular weight is 912 g/mol. The van der Waals surface area contributed by atoms with E-state index in [0.29, 0.717) is 6.42 Å². The van der Waals surface area contributed by atoms with E-state index >= 15 is 0 Å². The molecule has 0 saturated heterocycles. The highest BCUT2D eigenvalue weighted by Gasteiger charge is 2.28. The minimum absolute atomic E-state index is 0.130. The molecule has 0 aliphatic heterocycles. The van der Waals surface area contributed by atoms with Gasteiger partial charge >= 0.3 is 11.4 Å². The molecule has 11 heteroatoms.